The molecule has 3 nitrogen and oxygen atoms in total. The average Bonchev–Trinajstić information content (AvgIpc) is 2.67. The van der Waals surface area contributed by atoms with E-state index in [9.17, 15) is 0 Å². The van der Waals surface area contributed by atoms with Gasteiger partial charge in [-0.05, 0) is 39.0 Å². The third-order valence-corrected chi connectivity index (χ3v) is 5.25. The van der Waals surface area contributed by atoms with Crippen molar-refractivity contribution in [3.63, 3.8) is 0 Å². The van der Waals surface area contributed by atoms with Crippen molar-refractivity contribution in [2.24, 2.45) is 5.73 Å². The largest absolute Gasteiger partial charge is 0.375 e. The van der Waals surface area contributed by atoms with Gasteiger partial charge < -0.3 is 15.8 Å². The molecule has 2 aliphatic rings. The fraction of sp³-hybridized carbons (Fsp3) is 1.00. The van der Waals surface area contributed by atoms with Crippen molar-refractivity contribution >= 4 is 0 Å². The molecule has 3 heteroatoms. The van der Waals surface area contributed by atoms with Crippen LogP contribution in [0, 0.1) is 0 Å². The summed E-state index contributed by atoms with van der Waals surface area (Å²) in [5, 5.41) is 3.95. The zero-order valence-corrected chi connectivity index (χ0v) is 12.8. The summed E-state index contributed by atoms with van der Waals surface area (Å²) in [4.78, 5) is 0. The molecule has 0 aromatic heterocycles. The second-order valence-electron chi connectivity index (χ2n) is 6.90. The van der Waals surface area contributed by atoms with E-state index < -0.39 is 0 Å². The van der Waals surface area contributed by atoms with E-state index in [-0.39, 0.29) is 11.1 Å². The fourth-order valence-corrected chi connectivity index (χ4v) is 3.79. The maximum absolute atomic E-state index is 6.15. The Kier molecular flexibility index (Phi) is 5.27. The zero-order chi connectivity index (χ0) is 13.8. The van der Waals surface area contributed by atoms with Crippen LogP contribution in [-0.2, 0) is 4.74 Å². The Morgan fingerprint density at radius 2 is 1.89 bits per heavy atom. The molecule has 1 saturated heterocycles. The van der Waals surface area contributed by atoms with Gasteiger partial charge in [-0.15, -0.1) is 0 Å². The Hall–Kier alpha value is -0.120. The third-order valence-electron chi connectivity index (χ3n) is 5.25. The van der Waals surface area contributed by atoms with Gasteiger partial charge >= 0.3 is 0 Å². The van der Waals surface area contributed by atoms with Crippen LogP contribution in [0.3, 0.4) is 0 Å². The van der Waals surface area contributed by atoms with E-state index in [2.05, 4.69) is 19.2 Å². The minimum atomic E-state index is 0.00928. The van der Waals surface area contributed by atoms with Crippen molar-refractivity contribution in [3.8, 4) is 0 Å². The molecule has 2 unspecified atom stereocenters. The number of hydrogen-bond acceptors (Lipinski definition) is 3. The van der Waals surface area contributed by atoms with Crippen LogP contribution >= 0.6 is 0 Å². The minimum absolute atomic E-state index is 0.00928. The molecule has 0 spiro atoms. The summed E-state index contributed by atoms with van der Waals surface area (Å²) in [7, 11) is 0. The Morgan fingerprint density at radius 3 is 2.47 bits per heavy atom. The minimum Gasteiger partial charge on any atom is -0.375 e. The van der Waals surface area contributed by atoms with Gasteiger partial charge in [0.1, 0.15) is 0 Å². The summed E-state index contributed by atoms with van der Waals surface area (Å²) in [6, 6.07) is 0.672. The van der Waals surface area contributed by atoms with Crippen LogP contribution in [0.2, 0.25) is 0 Å². The fourth-order valence-electron chi connectivity index (χ4n) is 3.79. The lowest BCUT2D eigenvalue weighted by Crippen LogP contribution is -2.61. The summed E-state index contributed by atoms with van der Waals surface area (Å²) in [5.74, 6) is 0. The van der Waals surface area contributed by atoms with Crippen molar-refractivity contribution in [2.45, 2.75) is 88.8 Å². The highest BCUT2D eigenvalue weighted by Crippen LogP contribution is 2.35. The quantitative estimate of drug-likeness (QED) is 0.771. The molecule has 0 amide bonds. The Labute approximate surface area is 118 Å². The van der Waals surface area contributed by atoms with Crippen LogP contribution in [0.1, 0.15) is 71.6 Å². The molecular weight excluding hydrogens is 236 g/mol. The Morgan fingerprint density at radius 1 is 1.21 bits per heavy atom. The van der Waals surface area contributed by atoms with Crippen LogP contribution in [0.25, 0.3) is 0 Å². The highest BCUT2D eigenvalue weighted by molar-refractivity contribution is 5.00. The predicted molar refractivity (Wildman–Crippen MR) is 80.3 cm³/mol. The normalized spacial score (nSPS) is 38.1. The smallest absolute Gasteiger partial charge is 0.0670 e. The van der Waals surface area contributed by atoms with Gasteiger partial charge in [-0.25, -0.2) is 0 Å². The van der Waals surface area contributed by atoms with E-state index in [1.165, 1.54) is 38.5 Å². The van der Waals surface area contributed by atoms with Gasteiger partial charge in [0.25, 0.3) is 0 Å². The van der Waals surface area contributed by atoms with E-state index in [1.54, 1.807) is 0 Å². The molecule has 1 aliphatic carbocycles. The lowest BCUT2D eigenvalue weighted by molar-refractivity contribution is -0.102. The van der Waals surface area contributed by atoms with Crippen LogP contribution in [0.4, 0.5) is 0 Å². The third kappa shape index (κ3) is 3.93. The molecule has 1 saturated carbocycles. The van der Waals surface area contributed by atoms with E-state index in [0.29, 0.717) is 6.04 Å². The van der Waals surface area contributed by atoms with E-state index >= 15 is 0 Å². The molecule has 0 radical (unpaired) electrons. The molecule has 2 rings (SSSR count). The molecule has 3 N–H and O–H groups in total. The molecule has 19 heavy (non-hydrogen) atoms. The second-order valence-corrected chi connectivity index (χ2v) is 6.90. The summed E-state index contributed by atoms with van der Waals surface area (Å²) in [6.07, 6.45) is 11.4. The first-order valence-electron chi connectivity index (χ1n) is 8.23. The molecular formula is C16H32N2O. The highest BCUT2D eigenvalue weighted by atomic mass is 16.5. The molecule has 0 bridgehead atoms. The van der Waals surface area contributed by atoms with Crippen LogP contribution in [0.5, 0.6) is 0 Å². The number of nitrogens with one attached hydrogen (secondary N) is 1. The van der Waals surface area contributed by atoms with E-state index in [1.807, 2.05) is 0 Å². The summed E-state index contributed by atoms with van der Waals surface area (Å²) in [6.45, 7) is 6.05. The first-order valence-corrected chi connectivity index (χ1v) is 8.23. The lowest BCUT2D eigenvalue weighted by Gasteiger charge is -2.47. The van der Waals surface area contributed by atoms with Gasteiger partial charge in [0, 0.05) is 24.7 Å². The molecule has 0 aromatic carbocycles. The van der Waals surface area contributed by atoms with E-state index in [0.717, 1.165) is 32.4 Å². The Bertz CT molecular complexity index is 276. The van der Waals surface area contributed by atoms with Crippen LogP contribution < -0.4 is 11.1 Å². The van der Waals surface area contributed by atoms with Crippen molar-refractivity contribution in [1.29, 1.82) is 0 Å². The maximum atomic E-state index is 6.15. The average molecular weight is 268 g/mol. The van der Waals surface area contributed by atoms with Gasteiger partial charge in [0.05, 0.1) is 5.60 Å². The van der Waals surface area contributed by atoms with Crippen molar-refractivity contribution in [1.82, 2.24) is 5.32 Å². The predicted octanol–water partition coefficient (Wildman–Crippen LogP) is 2.98. The second kappa shape index (κ2) is 6.55. The number of nitrogens with two attached hydrogens (primary N) is 1. The first-order chi connectivity index (χ1) is 9.11. The van der Waals surface area contributed by atoms with Gasteiger partial charge in [-0.3, -0.25) is 0 Å². The summed E-state index contributed by atoms with van der Waals surface area (Å²) in [5.41, 5.74) is 6.27. The first kappa shape index (κ1) is 15.3. The number of hydrogen-bond donors (Lipinski definition) is 2. The number of ether oxygens (including phenoxy) is 1. The standard InChI is InChI=1S/C16H32N2O/c1-3-15(2)12-16(13-17,10-11-19-15)18-14-8-6-4-5-7-9-14/h14,18H,3-13,17H2,1-2H3. The molecule has 0 aromatic rings. The van der Waals surface area contributed by atoms with Crippen molar-refractivity contribution in [2.75, 3.05) is 13.2 Å². The topological polar surface area (TPSA) is 47.3 Å². The SMILES string of the molecule is CCC1(C)CC(CN)(NC2CCCCCC2)CCO1. The van der Waals surface area contributed by atoms with Gasteiger partial charge in [0.15, 0.2) is 0 Å². The number of rotatable bonds is 4. The lowest BCUT2D eigenvalue weighted by atomic mass is 9.78. The molecule has 1 aliphatic heterocycles. The molecule has 2 fully saturated rings. The van der Waals surface area contributed by atoms with Crippen molar-refractivity contribution < 1.29 is 4.74 Å². The highest BCUT2D eigenvalue weighted by Gasteiger charge is 2.42. The van der Waals surface area contributed by atoms with Crippen LogP contribution in [-0.4, -0.2) is 30.3 Å². The van der Waals surface area contributed by atoms with Gasteiger partial charge in [-0.1, -0.05) is 32.6 Å². The molecule has 112 valence electrons. The van der Waals surface area contributed by atoms with Gasteiger partial charge in [0.2, 0.25) is 0 Å². The Balaban J connectivity index is 2.00. The zero-order valence-electron chi connectivity index (χ0n) is 12.8. The molecule has 1 heterocycles. The van der Waals surface area contributed by atoms with Crippen molar-refractivity contribution in [3.05, 3.63) is 0 Å². The van der Waals surface area contributed by atoms with Gasteiger partial charge in [-0.2, -0.15) is 0 Å². The molecule has 2 atom stereocenters. The summed E-state index contributed by atoms with van der Waals surface area (Å²) < 4.78 is 5.99. The van der Waals surface area contributed by atoms with Crippen LogP contribution in [0.15, 0.2) is 0 Å². The summed E-state index contributed by atoms with van der Waals surface area (Å²) >= 11 is 0. The maximum Gasteiger partial charge on any atom is 0.0670 e. The monoisotopic (exact) mass is 268 g/mol. The van der Waals surface area contributed by atoms with E-state index in [4.69, 9.17) is 10.5 Å².